The highest BCUT2D eigenvalue weighted by molar-refractivity contribution is 6.30. The Morgan fingerprint density at radius 2 is 1.84 bits per heavy atom. The van der Waals surface area contributed by atoms with E-state index in [2.05, 4.69) is 10.6 Å². The molecule has 1 amide bonds. The van der Waals surface area contributed by atoms with Crippen molar-refractivity contribution in [3.63, 3.8) is 0 Å². The molecule has 0 bridgehead atoms. The Balaban J connectivity index is 2.01. The first-order chi connectivity index (χ1) is 11.8. The van der Waals surface area contributed by atoms with Gasteiger partial charge in [-0.1, -0.05) is 23.7 Å². The Hall–Kier alpha value is -2.51. The van der Waals surface area contributed by atoms with Crippen LogP contribution in [0.3, 0.4) is 0 Å². The van der Waals surface area contributed by atoms with Gasteiger partial charge in [-0.05, 0) is 43.7 Å². The Morgan fingerprint density at radius 3 is 2.44 bits per heavy atom. The minimum Gasteiger partial charge on any atom is -0.324 e. The van der Waals surface area contributed by atoms with Crippen LogP contribution >= 0.6 is 11.6 Å². The summed E-state index contributed by atoms with van der Waals surface area (Å²) in [5, 5.41) is 17.0. The fraction of sp³-hybridized carbons (Fsp3) is 0.235. The Kier molecular flexibility index (Phi) is 6.06. The van der Waals surface area contributed by atoms with E-state index in [-0.39, 0.29) is 17.6 Å². The van der Waals surface area contributed by atoms with Crippen LogP contribution in [0, 0.1) is 15.9 Å². The van der Waals surface area contributed by atoms with Crippen LogP contribution in [0.5, 0.6) is 0 Å². The van der Waals surface area contributed by atoms with Gasteiger partial charge in [-0.15, -0.1) is 0 Å². The van der Waals surface area contributed by atoms with E-state index < -0.39 is 22.5 Å². The van der Waals surface area contributed by atoms with Crippen LogP contribution in [0.1, 0.15) is 25.5 Å². The quantitative estimate of drug-likeness (QED) is 0.597. The highest BCUT2D eigenvalue weighted by Gasteiger charge is 2.19. The van der Waals surface area contributed by atoms with Crippen LogP contribution in [0.25, 0.3) is 0 Å². The normalized spacial score (nSPS) is 13.1. The van der Waals surface area contributed by atoms with Crippen LogP contribution in [0.4, 0.5) is 15.8 Å². The van der Waals surface area contributed by atoms with Crippen molar-refractivity contribution >= 4 is 28.9 Å². The molecule has 0 aliphatic rings. The van der Waals surface area contributed by atoms with E-state index in [9.17, 15) is 19.3 Å². The monoisotopic (exact) mass is 365 g/mol. The second kappa shape index (κ2) is 8.04. The molecule has 2 aromatic rings. The molecule has 2 rings (SSSR count). The number of nitro benzene ring substituents is 1. The molecule has 8 heteroatoms. The second-order valence-corrected chi connectivity index (χ2v) is 6.01. The molecule has 0 aromatic heterocycles. The van der Waals surface area contributed by atoms with E-state index in [0.29, 0.717) is 5.02 Å². The number of hydrogen-bond acceptors (Lipinski definition) is 4. The number of nitrogens with zero attached hydrogens (tertiary/aromatic N) is 1. The average molecular weight is 366 g/mol. The summed E-state index contributed by atoms with van der Waals surface area (Å²) in [5.74, 6) is -1.34. The predicted octanol–water partition coefficient (Wildman–Crippen LogP) is 4.07. The molecular formula is C17H17ClFN3O3. The molecule has 132 valence electrons. The fourth-order valence-electron chi connectivity index (χ4n) is 2.28. The number of anilines is 1. The molecule has 25 heavy (non-hydrogen) atoms. The highest BCUT2D eigenvalue weighted by Crippen LogP contribution is 2.22. The lowest BCUT2D eigenvalue weighted by atomic mass is 10.1. The highest BCUT2D eigenvalue weighted by atomic mass is 35.5. The van der Waals surface area contributed by atoms with Crippen molar-refractivity contribution in [2.24, 2.45) is 0 Å². The molecule has 2 N–H and O–H groups in total. The van der Waals surface area contributed by atoms with E-state index >= 15 is 0 Å². The number of carbonyl (C=O) groups excluding carboxylic acids is 1. The smallest absolute Gasteiger partial charge is 0.306 e. The number of halogens is 2. The molecule has 0 fully saturated rings. The number of benzene rings is 2. The molecule has 0 saturated carbocycles. The van der Waals surface area contributed by atoms with Gasteiger partial charge in [0.25, 0.3) is 0 Å². The molecule has 2 aromatic carbocycles. The van der Waals surface area contributed by atoms with Gasteiger partial charge in [0.15, 0.2) is 0 Å². The number of hydrogen-bond donors (Lipinski definition) is 2. The van der Waals surface area contributed by atoms with E-state index in [1.807, 2.05) is 19.1 Å². The lowest BCUT2D eigenvalue weighted by Gasteiger charge is -2.20. The van der Waals surface area contributed by atoms with Crippen LogP contribution in [-0.4, -0.2) is 16.9 Å². The SMILES string of the molecule is C[C@H](N[C@H](C)C(=O)Nc1ccc(F)c([N+](=O)[O-])c1)c1ccc(Cl)cc1. The summed E-state index contributed by atoms with van der Waals surface area (Å²) in [7, 11) is 0. The van der Waals surface area contributed by atoms with Gasteiger partial charge in [-0.25, -0.2) is 0 Å². The largest absolute Gasteiger partial charge is 0.324 e. The first kappa shape index (κ1) is 18.8. The number of rotatable bonds is 6. The fourth-order valence-corrected chi connectivity index (χ4v) is 2.41. The van der Waals surface area contributed by atoms with Gasteiger partial charge in [0.1, 0.15) is 0 Å². The maximum atomic E-state index is 13.3. The Bertz CT molecular complexity index is 783. The van der Waals surface area contributed by atoms with Crippen LogP contribution < -0.4 is 10.6 Å². The summed E-state index contributed by atoms with van der Waals surface area (Å²) in [4.78, 5) is 22.2. The molecule has 0 radical (unpaired) electrons. The summed E-state index contributed by atoms with van der Waals surface area (Å²) >= 11 is 5.85. The molecule has 0 aliphatic heterocycles. The number of amides is 1. The summed E-state index contributed by atoms with van der Waals surface area (Å²) < 4.78 is 13.3. The lowest BCUT2D eigenvalue weighted by molar-refractivity contribution is -0.387. The molecule has 0 unspecified atom stereocenters. The molecule has 6 nitrogen and oxygen atoms in total. The summed E-state index contributed by atoms with van der Waals surface area (Å²) in [6, 6.07) is 9.76. The Labute approximate surface area is 149 Å². The summed E-state index contributed by atoms with van der Waals surface area (Å²) in [6.45, 7) is 3.56. The third-order valence-electron chi connectivity index (χ3n) is 3.67. The summed E-state index contributed by atoms with van der Waals surface area (Å²) in [5.41, 5.74) is 0.431. The first-order valence-corrected chi connectivity index (χ1v) is 7.92. The maximum Gasteiger partial charge on any atom is 0.306 e. The van der Waals surface area contributed by atoms with E-state index in [0.717, 1.165) is 17.7 Å². The maximum absolute atomic E-state index is 13.3. The van der Waals surface area contributed by atoms with E-state index in [4.69, 9.17) is 11.6 Å². The molecule has 2 atom stereocenters. The average Bonchev–Trinajstić information content (AvgIpc) is 2.56. The van der Waals surface area contributed by atoms with Crippen molar-refractivity contribution in [2.75, 3.05) is 5.32 Å². The van der Waals surface area contributed by atoms with Gasteiger partial charge in [0.05, 0.1) is 11.0 Å². The standard InChI is InChI=1S/C17H17ClFN3O3/c1-10(12-3-5-13(18)6-4-12)20-11(2)17(23)21-14-7-8-15(19)16(9-14)22(24)25/h3-11,20H,1-2H3,(H,21,23)/t10-,11+/m0/s1. The van der Waals surface area contributed by atoms with Crippen molar-refractivity contribution < 1.29 is 14.1 Å². The number of carbonyl (C=O) groups is 1. The van der Waals surface area contributed by atoms with Crippen molar-refractivity contribution in [3.8, 4) is 0 Å². The molecular weight excluding hydrogens is 349 g/mol. The van der Waals surface area contributed by atoms with Crippen molar-refractivity contribution in [2.45, 2.75) is 25.9 Å². The minimum atomic E-state index is -0.953. The van der Waals surface area contributed by atoms with E-state index in [1.165, 1.54) is 6.07 Å². The van der Waals surface area contributed by atoms with Crippen LogP contribution in [0.15, 0.2) is 42.5 Å². The lowest BCUT2D eigenvalue weighted by Crippen LogP contribution is -2.39. The van der Waals surface area contributed by atoms with Crippen molar-refractivity contribution in [1.29, 1.82) is 0 Å². The molecule has 0 saturated heterocycles. The van der Waals surface area contributed by atoms with E-state index in [1.54, 1.807) is 19.1 Å². The second-order valence-electron chi connectivity index (χ2n) is 5.57. The first-order valence-electron chi connectivity index (χ1n) is 7.54. The topological polar surface area (TPSA) is 84.3 Å². The van der Waals surface area contributed by atoms with Gasteiger partial charge < -0.3 is 5.32 Å². The van der Waals surface area contributed by atoms with Crippen molar-refractivity contribution in [1.82, 2.24) is 5.32 Å². The molecule has 0 heterocycles. The zero-order valence-corrected chi connectivity index (χ0v) is 14.4. The van der Waals surface area contributed by atoms with Gasteiger partial charge in [-0.3, -0.25) is 20.2 Å². The Morgan fingerprint density at radius 1 is 1.20 bits per heavy atom. The van der Waals surface area contributed by atoms with Gasteiger partial charge >= 0.3 is 5.69 Å². The zero-order valence-electron chi connectivity index (χ0n) is 13.6. The number of nitro groups is 1. The molecule has 0 aliphatic carbocycles. The van der Waals surface area contributed by atoms with Gasteiger partial charge in [0, 0.05) is 22.8 Å². The van der Waals surface area contributed by atoms with Crippen LogP contribution in [-0.2, 0) is 4.79 Å². The zero-order chi connectivity index (χ0) is 18.6. The summed E-state index contributed by atoms with van der Waals surface area (Å²) in [6.07, 6.45) is 0. The van der Waals surface area contributed by atoms with Crippen LogP contribution in [0.2, 0.25) is 5.02 Å². The third-order valence-corrected chi connectivity index (χ3v) is 3.93. The van der Waals surface area contributed by atoms with Gasteiger partial charge in [-0.2, -0.15) is 4.39 Å². The number of nitrogens with one attached hydrogen (secondary N) is 2. The van der Waals surface area contributed by atoms with Crippen molar-refractivity contribution in [3.05, 3.63) is 69.0 Å². The minimum absolute atomic E-state index is 0.111. The molecule has 0 spiro atoms. The van der Waals surface area contributed by atoms with Gasteiger partial charge in [0.2, 0.25) is 11.7 Å². The predicted molar refractivity (Wildman–Crippen MR) is 94.1 cm³/mol. The third kappa shape index (κ3) is 4.98.